The summed E-state index contributed by atoms with van der Waals surface area (Å²) in [7, 11) is 0. The monoisotopic (exact) mass is 414 g/mol. The summed E-state index contributed by atoms with van der Waals surface area (Å²) in [6.45, 7) is 9.41. The van der Waals surface area contributed by atoms with Gasteiger partial charge >= 0.3 is 6.09 Å². The molecule has 0 saturated carbocycles. The van der Waals surface area contributed by atoms with Crippen LogP contribution in [0.5, 0.6) is 0 Å². The van der Waals surface area contributed by atoms with Gasteiger partial charge < -0.3 is 14.5 Å². The van der Waals surface area contributed by atoms with E-state index in [1.165, 1.54) is 0 Å². The fourth-order valence-electron chi connectivity index (χ4n) is 3.14. The number of nitrogens with zero attached hydrogens (tertiary/aromatic N) is 2. The summed E-state index contributed by atoms with van der Waals surface area (Å²) in [6, 6.07) is 5.25. The maximum Gasteiger partial charge on any atom is 0.410 e. The largest absolute Gasteiger partial charge is 0.444 e. The van der Waals surface area contributed by atoms with E-state index in [1.807, 2.05) is 27.7 Å². The van der Waals surface area contributed by atoms with E-state index in [1.54, 1.807) is 28.0 Å². The molecule has 1 aliphatic heterocycles. The summed E-state index contributed by atoms with van der Waals surface area (Å²) in [4.78, 5) is 28.8. The minimum atomic E-state index is -0.549. The summed E-state index contributed by atoms with van der Waals surface area (Å²) < 4.78 is 5.45. The topological polar surface area (TPSA) is 49.9 Å². The zero-order valence-corrected chi connectivity index (χ0v) is 17.9. The molecule has 0 spiro atoms. The second-order valence-electron chi connectivity index (χ2n) is 7.85. The molecule has 1 aliphatic rings. The van der Waals surface area contributed by atoms with E-state index in [2.05, 4.69) is 0 Å². The van der Waals surface area contributed by atoms with Crippen molar-refractivity contribution in [3.05, 3.63) is 33.8 Å². The van der Waals surface area contributed by atoms with Crippen molar-refractivity contribution in [1.82, 2.24) is 9.80 Å². The molecule has 1 fully saturated rings. The number of hydrogen-bond acceptors (Lipinski definition) is 3. The van der Waals surface area contributed by atoms with Crippen molar-refractivity contribution in [3.63, 3.8) is 0 Å². The van der Waals surface area contributed by atoms with Gasteiger partial charge in [0.25, 0.3) is 0 Å². The molecule has 0 unspecified atom stereocenters. The highest BCUT2D eigenvalue weighted by Crippen LogP contribution is 2.25. The quantitative estimate of drug-likeness (QED) is 0.696. The van der Waals surface area contributed by atoms with Crippen molar-refractivity contribution in [3.8, 4) is 0 Å². The number of carbonyl (C=O) groups is 2. The highest BCUT2D eigenvalue weighted by atomic mass is 35.5. The second kappa shape index (κ2) is 9.16. The van der Waals surface area contributed by atoms with Crippen molar-refractivity contribution in [1.29, 1.82) is 0 Å². The van der Waals surface area contributed by atoms with Gasteiger partial charge in [-0.1, -0.05) is 23.2 Å². The number of amides is 2. The van der Waals surface area contributed by atoms with Crippen LogP contribution in [0, 0.1) is 5.92 Å². The van der Waals surface area contributed by atoms with Crippen LogP contribution in [-0.2, 0) is 16.1 Å². The third kappa shape index (κ3) is 6.28. The fourth-order valence-corrected chi connectivity index (χ4v) is 3.52. The third-order valence-electron chi connectivity index (χ3n) is 4.48. The van der Waals surface area contributed by atoms with E-state index >= 15 is 0 Å². The Hall–Kier alpha value is -1.46. The lowest BCUT2D eigenvalue weighted by Crippen LogP contribution is -2.47. The van der Waals surface area contributed by atoms with Crippen LogP contribution < -0.4 is 0 Å². The summed E-state index contributed by atoms with van der Waals surface area (Å²) in [5, 5.41) is 1.18. The van der Waals surface area contributed by atoms with Gasteiger partial charge in [-0.05, 0) is 64.3 Å². The van der Waals surface area contributed by atoms with Gasteiger partial charge in [-0.15, -0.1) is 0 Å². The molecule has 0 N–H and O–H groups in total. The SMILES string of the molecule is CCN(Cc1cc(Cl)ccc1Cl)C(=O)[C@@H]1CCCN(C(=O)OC(C)(C)C)C1. The molecule has 0 bridgehead atoms. The van der Waals surface area contributed by atoms with Crippen molar-refractivity contribution in [2.24, 2.45) is 5.92 Å². The van der Waals surface area contributed by atoms with Gasteiger partial charge in [0.15, 0.2) is 0 Å². The van der Waals surface area contributed by atoms with Gasteiger partial charge in [-0.25, -0.2) is 4.79 Å². The molecule has 2 rings (SSSR count). The number of piperidine rings is 1. The normalized spacial score (nSPS) is 17.6. The minimum Gasteiger partial charge on any atom is -0.444 e. The smallest absolute Gasteiger partial charge is 0.410 e. The van der Waals surface area contributed by atoms with E-state index in [9.17, 15) is 9.59 Å². The van der Waals surface area contributed by atoms with Crippen LogP contribution in [0.25, 0.3) is 0 Å². The highest BCUT2D eigenvalue weighted by molar-refractivity contribution is 6.33. The number of hydrogen-bond donors (Lipinski definition) is 0. The molecule has 2 amide bonds. The Balaban J connectivity index is 2.05. The van der Waals surface area contributed by atoms with E-state index in [4.69, 9.17) is 27.9 Å². The Morgan fingerprint density at radius 3 is 2.63 bits per heavy atom. The first kappa shape index (κ1) is 21.8. The molecule has 1 aromatic rings. The standard InChI is InChI=1S/C20H28Cl2N2O3/c1-5-23(13-15-11-16(21)8-9-17(15)22)18(25)14-7-6-10-24(12-14)19(26)27-20(2,3)4/h8-9,11,14H,5-7,10,12-13H2,1-4H3/t14-/m1/s1. The number of rotatable bonds is 4. The van der Waals surface area contributed by atoms with Crippen LogP contribution in [0.4, 0.5) is 4.79 Å². The van der Waals surface area contributed by atoms with Gasteiger partial charge in [0.2, 0.25) is 5.91 Å². The number of carbonyl (C=O) groups excluding carboxylic acids is 2. The molecule has 1 heterocycles. The summed E-state index contributed by atoms with van der Waals surface area (Å²) >= 11 is 12.3. The second-order valence-corrected chi connectivity index (χ2v) is 8.70. The van der Waals surface area contributed by atoms with Crippen LogP contribution in [0.2, 0.25) is 10.0 Å². The van der Waals surface area contributed by atoms with E-state index in [0.717, 1.165) is 18.4 Å². The van der Waals surface area contributed by atoms with Crippen LogP contribution >= 0.6 is 23.2 Å². The Morgan fingerprint density at radius 2 is 2.00 bits per heavy atom. The maximum atomic E-state index is 13.1. The highest BCUT2D eigenvalue weighted by Gasteiger charge is 2.33. The van der Waals surface area contributed by atoms with Crippen LogP contribution in [0.1, 0.15) is 46.1 Å². The Kier molecular flexibility index (Phi) is 7.40. The van der Waals surface area contributed by atoms with Crippen molar-refractivity contribution in [2.75, 3.05) is 19.6 Å². The number of likely N-dealkylation sites (tertiary alicyclic amines) is 1. The Labute approximate surface area is 171 Å². The van der Waals surface area contributed by atoms with E-state index < -0.39 is 5.60 Å². The van der Waals surface area contributed by atoms with Crippen molar-refractivity contribution < 1.29 is 14.3 Å². The lowest BCUT2D eigenvalue weighted by molar-refractivity contribution is -0.137. The van der Waals surface area contributed by atoms with E-state index in [-0.39, 0.29) is 17.9 Å². The molecule has 1 saturated heterocycles. The predicted octanol–water partition coefficient (Wildman–Crippen LogP) is 4.99. The van der Waals surface area contributed by atoms with Crippen LogP contribution in [-0.4, -0.2) is 47.0 Å². The first-order valence-corrected chi connectivity index (χ1v) is 10.1. The maximum absolute atomic E-state index is 13.1. The molecular formula is C20H28Cl2N2O3. The fraction of sp³-hybridized carbons (Fsp3) is 0.600. The van der Waals surface area contributed by atoms with Gasteiger partial charge in [0, 0.05) is 36.2 Å². The van der Waals surface area contributed by atoms with Crippen LogP contribution in [0.3, 0.4) is 0 Å². The molecule has 7 heteroatoms. The molecule has 0 aliphatic carbocycles. The summed E-state index contributed by atoms with van der Waals surface area (Å²) in [5.74, 6) is -0.203. The molecule has 0 aromatic heterocycles. The van der Waals surface area contributed by atoms with Crippen molar-refractivity contribution in [2.45, 2.75) is 52.7 Å². The van der Waals surface area contributed by atoms with Crippen molar-refractivity contribution >= 4 is 35.2 Å². The minimum absolute atomic E-state index is 0.0294. The van der Waals surface area contributed by atoms with Gasteiger partial charge in [0.05, 0.1) is 5.92 Å². The molecule has 150 valence electrons. The lowest BCUT2D eigenvalue weighted by atomic mass is 9.96. The lowest BCUT2D eigenvalue weighted by Gasteiger charge is -2.35. The zero-order valence-electron chi connectivity index (χ0n) is 16.4. The molecular weight excluding hydrogens is 387 g/mol. The Bertz CT molecular complexity index is 688. The molecule has 5 nitrogen and oxygen atoms in total. The molecule has 27 heavy (non-hydrogen) atoms. The predicted molar refractivity (Wildman–Crippen MR) is 108 cm³/mol. The summed E-state index contributed by atoms with van der Waals surface area (Å²) in [5.41, 5.74) is 0.270. The number of ether oxygens (including phenoxy) is 1. The van der Waals surface area contributed by atoms with Crippen LogP contribution in [0.15, 0.2) is 18.2 Å². The summed E-state index contributed by atoms with van der Waals surface area (Å²) in [6.07, 6.45) is 1.18. The zero-order chi connectivity index (χ0) is 20.2. The molecule has 0 radical (unpaired) electrons. The molecule has 1 atom stereocenters. The average molecular weight is 415 g/mol. The number of halogens is 2. The van der Waals surface area contributed by atoms with Gasteiger partial charge in [0.1, 0.15) is 5.60 Å². The third-order valence-corrected chi connectivity index (χ3v) is 5.09. The van der Waals surface area contributed by atoms with Gasteiger partial charge in [-0.2, -0.15) is 0 Å². The Morgan fingerprint density at radius 1 is 1.30 bits per heavy atom. The van der Waals surface area contributed by atoms with E-state index in [0.29, 0.717) is 36.2 Å². The van der Waals surface area contributed by atoms with Gasteiger partial charge in [-0.3, -0.25) is 4.79 Å². The first-order chi connectivity index (χ1) is 12.6. The average Bonchev–Trinajstić information content (AvgIpc) is 2.60. The molecule has 1 aromatic carbocycles. The number of benzene rings is 1. The first-order valence-electron chi connectivity index (χ1n) is 9.31.